The average molecular weight is 276 g/mol. The summed E-state index contributed by atoms with van der Waals surface area (Å²) < 4.78 is 5.42. The zero-order valence-corrected chi connectivity index (χ0v) is 12.0. The summed E-state index contributed by atoms with van der Waals surface area (Å²) in [6.45, 7) is 4.25. The Kier molecular flexibility index (Phi) is 3.90. The van der Waals surface area contributed by atoms with Crippen LogP contribution in [0.2, 0.25) is 0 Å². The highest BCUT2D eigenvalue weighted by Crippen LogP contribution is 2.36. The second-order valence-electron chi connectivity index (χ2n) is 4.58. The van der Waals surface area contributed by atoms with Gasteiger partial charge < -0.3 is 9.84 Å². The van der Waals surface area contributed by atoms with Crippen LogP contribution in [0.4, 0.5) is 0 Å². The van der Waals surface area contributed by atoms with Crippen LogP contribution in [0.25, 0.3) is 10.4 Å². The first-order valence-electron chi connectivity index (χ1n) is 6.04. The molecule has 1 aromatic heterocycles. The Morgan fingerprint density at radius 2 is 2.00 bits per heavy atom. The summed E-state index contributed by atoms with van der Waals surface area (Å²) in [5.74, 6) is 0.319. The van der Waals surface area contributed by atoms with Crippen molar-refractivity contribution in [2.24, 2.45) is 0 Å². The normalized spacial score (nSPS) is 10.7. The maximum Gasteiger partial charge on any atom is 0.345 e. The van der Waals surface area contributed by atoms with Crippen molar-refractivity contribution >= 4 is 17.3 Å². The molecule has 0 bridgehead atoms. The fraction of sp³-hybridized carbons (Fsp3) is 0.267. The summed E-state index contributed by atoms with van der Waals surface area (Å²) in [7, 11) is 1.63. The summed E-state index contributed by atoms with van der Waals surface area (Å²) in [5, 5.41) is 8.97. The molecule has 4 heteroatoms. The van der Waals surface area contributed by atoms with Gasteiger partial charge >= 0.3 is 5.97 Å². The van der Waals surface area contributed by atoms with E-state index in [4.69, 9.17) is 9.84 Å². The minimum absolute atomic E-state index is 0.338. The highest BCUT2D eigenvalue weighted by Gasteiger charge is 2.13. The Balaban J connectivity index is 2.46. The highest BCUT2D eigenvalue weighted by molar-refractivity contribution is 7.17. The van der Waals surface area contributed by atoms with Gasteiger partial charge in [-0.1, -0.05) is 19.9 Å². The van der Waals surface area contributed by atoms with Crippen molar-refractivity contribution in [3.8, 4) is 16.2 Å². The molecule has 2 rings (SSSR count). The molecule has 1 aromatic carbocycles. The Morgan fingerprint density at radius 3 is 2.53 bits per heavy atom. The van der Waals surface area contributed by atoms with E-state index < -0.39 is 5.97 Å². The van der Waals surface area contributed by atoms with Gasteiger partial charge in [-0.2, -0.15) is 0 Å². The smallest absolute Gasteiger partial charge is 0.345 e. The van der Waals surface area contributed by atoms with Crippen LogP contribution in [0, 0.1) is 0 Å². The fourth-order valence-corrected chi connectivity index (χ4v) is 2.74. The molecule has 19 heavy (non-hydrogen) atoms. The SMILES string of the molecule is COc1cc(C(C)C)ccc1-c1ccc(C(=O)O)s1. The maximum atomic E-state index is 10.9. The molecule has 3 nitrogen and oxygen atoms in total. The molecular weight excluding hydrogens is 260 g/mol. The van der Waals surface area contributed by atoms with Crippen molar-refractivity contribution in [3.63, 3.8) is 0 Å². The van der Waals surface area contributed by atoms with Crippen LogP contribution < -0.4 is 4.74 Å². The van der Waals surface area contributed by atoms with Crippen LogP contribution in [0.15, 0.2) is 30.3 Å². The molecule has 0 amide bonds. The van der Waals surface area contributed by atoms with Crippen molar-refractivity contribution in [2.75, 3.05) is 7.11 Å². The second-order valence-corrected chi connectivity index (χ2v) is 5.67. The quantitative estimate of drug-likeness (QED) is 0.908. The van der Waals surface area contributed by atoms with Crippen LogP contribution in [0.1, 0.15) is 35.0 Å². The number of carboxylic acid groups (broad SMARTS) is 1. The lowest BCUT2D eigenvalue weighted by atomic mass is 10.0. The van der Waals surface area contributed by atoms with E-state index >= 15 is 0 Å². The van der Waals surface area contributed by atoms with E-state index in [-0.39, 0.29) is 0 Å². The third-order valence-corrected chi connectivity index (χ3v) is 4.08. The molecule has 0 atom stereocenters. The topological polar surface area (TPSA) is 46.5 Å². The maximum absolute atomic E-state index is 10.9. The molecule has 0 saturated heterocycles. The number of hydrogen-bond acceptors (Lipinski definition) is 3. The third-order valence-electron chi connectivity index (χ3n) is 2.97. The third kappa shape index (κ3) is 2.79. The number of hydrogen-bond donors (Lipinski definition) is 1. The number of thiophene rings is 1. The molecule has 0 unspecified atom stereocenters. The zero-order chi connectivity index (χ0) is 14.0. The first-order chi connectivity index (χ1) is 9.02. The number of aromatic carboxylic acids is 1. The summed E-state index contributed by atoms with van der Waals surface area (Å²) in [6.07, 6.45) is 0. The summed E-state index contributed by atoms with van der Waals surface area (Å²) in [5.41, 5.74) is 2.14. The number of benzene rings is 1. The van der Waals surface area contributed by atoms with Gasteiger partial charge in [0, 0.05) is 10.4 Å². The van der Waals surface area contributed by atoms with E-state index in [0.717, 1.165) is 16.2 Å². The number of rotatable bonds is 4. The summed E-state index contributed by atoms with van der Waals surface area (Å²) >= 11 is 1.26. The highest BCUT2D eigenvalue weighted by atomic mass is 32.1. The summed E-state index contributed by atoms with van der Waals surface area (Å²) in [6, 6.07) is 9.51. The molecule has 0 spiro atoms. The Labute approximate surface area is 116 Å². The molecular formula is C15H16O3S. The molecule has 1 heterocycles. The largest absolute Gasteiger partial charge is 0.496 e. The molecule has 1 N–H and O–H groups in total. The standard InChI is InChI=1S/C15H16O3S/c1-9(2)10-4-5-11(12(8-10)18-3)13-6-7-14(19-13)15(16)17/h4-9H,1-3H3,(H,16,17). The predicted molar refractivity (Wildman–Crippen MR) is 77.4 cm³/mol. The van der Waals surface area contributed by atoms with Crippen molar-refractivity contribution in [1.29, 1.82) is 0 Å². The first kappa shape index (κ1) is 13.6. The van der Waals surface area contributed by atoms with Gasteiger partial charge in [0.15, 0.2) is 0 Å². The van der Waals surface area contributed by atoms with Gasteiger partial charge in [-0.25, -0.2) is 4.79 Å². The number of carboxylic acids is 1. The lowest BCUT2D eigenvalue weighted by molar-refractivity contribution is 0.0702. The minimum Gasteiger partial charge on any atom is -0.496 e. The van der Waals surface area contributed by atoms with Crippen LogP contribution in [-0.4, -0.2) is 18.2 Å². The molecule has 0 aliphatic heterocycles. The average Bonchev–Trinajstić information content (AvgIpc) is 2.87. The van der Waals surface area contributed by atoms with Crippen molar-refractivity contribution in [3.05, 3.63) is 40.8 Å². The van der Waals surface area contributed by atoms with Gasteiger partial charge in [0.1, 0.15) is 10.6 Å². The number of carbonyl (C=O) groups is 1. The fourth-order valence-electron chi connectivity index (χ4n) is 1.87. The summed E-state index contributed by atoms with van der Waals surface area (Å²) in [4.78, 5) is 12.2. The van der Waals surface area contributed by atoms with Crippen LogP contribution in [0.3, 0.4) is 0 Å². The van der Waals surface area contributed by atoms with Crippen molar-refractivity contribution in [1.82, 2.24) is 0 Å². The number of methoxy groups -OCH3 is 1. The monoisotopic (exact) mass is 276 g/mol. The first-order valence-corrected chi connectivity index (χ1v) is 6.86. The zero-order valence-electron chi connectivity index (χ0n) is 11.1. The second kappa shape index (κ2) is 5.45. The van der Waals surface area contributed by atoms with Gasteiger partial charge in [-0.15, -0.1) is 11.3 Å². The predicted octanol–water partition coefficient (Wildman–Crippen LogP) is 4.25. The van der Waals surface area contributed by atoms with Gasteiger partial charge in [0.25, 0.3) is 0 Å². The van der Waals surface area contributed by atoms with E-state index in [1.165, 1.54) is 16.9 Å². The van der Waals surface area contributed by atoms with Crippen LogP contribution in [-0.2, 0) is 0 Å². The van der Waals surface area contributed by atoms with Crippen molar-refractivity contribution in [2.45, 2.75) is 19.8 Å². The van der Waals surface area contributed by atoms with Gasteiger partial charge in [-0.05, 0) is 35.7 Å². The van der Waals surface area contributed by atoms with E-state index in [0.29, 0.717) is 10.8 Å². The van der Waals surface area contributed by atoms with Crippen LogP contribution >= 0.6 is 11.3 Å². The molecule has 0 saturated carbocycles. The van der Waals surface area contributed by atoms with E-state index in [1.807, 2.05) is 18.2 Å². The molecule has 2 aromatic rings. The van der Waals surface area contributed by atoms with Gasteiger partial charge in [0.05, 0.1) is 7.11 Å². The van der Waals surface area contributed by atoms with Crippen molar-refractivity contribution < 1.29 is 14.6 Å². The van der Waals surface area contributed by atoms with E-state index in [2.05, 4.69) is 19.9 Å². The van der Waals surface area contributed by atoms with E-state index in [1.54, 1.807) is 13.2 Å². The van der Waals surface area contributed by atoms with E-state index in [9.17, 15) is 4.79 Å². The Morgan fingerprint density at radius 1 is 1.26 bits per heavy atom. The molecule has 100 valence electrons. The molecule has 0 aliphatic carbocycles. The Bertz CT molecular complexity index is 599. The van der Waals surface area contributed by atoms with Crippen LogP contribution in [0.5, 0.6) is 5.75 Å². The number of ether oxygens (including phenoxy) is 1. The molecule has 0 radical (unpaired) electrons. The lowest BCUT2D eigenvalue weighted by Crippen LogP contribution is -1.92. The molecule has 0 fully saturated rings. The van der Waals surface area contributed by atoms with Gasteiger partial charge in [0.2, 0.25) is 0 Å². The molecule has 0 aliphatic rings. The van der Waals surface area contributed by atoms with Gasteiger partial charge in [-0.3, -0.25) is 0 Å². The lowest BCUT2D eigenvalue weighted by Gasteiger charge is -2.11. The minimum atomic E-state index is -0.894. The Hall–Kier alpha value is -1.81.